The van der Waals surface area contributed by atoms with Crippen LogP contribution in [-0.2, 0) is 14.8 Å². The smallest absolute Gasteiger partial charge is 0.246 e. The molecule has 0 radical (unpaired) electrons. The monoisotopic (exact) mass is 423 g/mol. The van der Waals surface area contributed by atoms with E-state index in [1.54, 1.807) is 19.9 Å². The van der Waals surface area contributed by atoms with E-state index in [0.717, 1.165) is 11.6 Å². The van der Waals surface area contributed by atoms with Crippen molar-refractivity contribution in [3.05, 3.63) is 59.7 Å². The third-order valence-corrected chi connectivity index (χ3v) is 7.04. The van der Waals surface area contributed by atoms with Crippen LogP contribution in [0.4, 0.5) is 14.5 Å². The fourth-order valence-corrected chi connectivity index (χ4v) is 4.74. The van der Waals surface area contributed by atoms with E-state index in [1.165, 1.54) is 34.6 Å². The molecule has 2 aromatic carbocycles. The third-order valence-electron chi connectivity index (χ3n) is 5.11. The minimum absolute atomic E-state index is 0.146. The number of sulfonamides is 1. The van der Waals surface area contributed by atoms with Gasteiger partial charge in [0.1, 0.15) is 16.5 Å². The van der Waals surface area contributed by atoms with E-state index in [0.29, 0.717) is 18.8 Å². The maximum atomic E-state index is 13.9. The van der Waals surface area contributed by atoms with Crippen molar-refractivity contribution in [1.29, 1.82) is 0 Å². The molecule has 6 nitrogen and oxygen atoms in total. The van der Waals surface area contributed by atoms with Crippen LogP contribution in [0, 0.1) is 18.6 Å². The predicted octanol–water partition coefficient (Wildman–Crippen LogP) is 2.61. The summed E-state index contributed by atoms with van der Waals surface area (Å²) in [6, 6.07) is 8.92. The Kier molecular flexibility index (Phi) is 6.30. The van der Waals surface area contributed by atoms with E-state index < -0.39 is 27.7 Å². The Bertz CT molecular complexity index is 1010. The Balaban J connectivity index is 1.63. The van der Waals surface area contributed by atoms with Gasteiger partial charge in [-0.15, -0.1) is 0 Å². The van der Waals surface area contributed by atoms with Gasteiger partial charge in [-0.25, -0.2) is 17.2 Å². The molecule has 29 heavy (non-hydrogen) atoms. The molecule has 0 bridgehead atoms. The lowest BCUT2D eigenvalue weighted by Crippen LogP contribution is -2.54. The van der Waals surface area contributed by atoms with E-state index in [4.69, 9.17) is 0 Å². The van der Waals surface area contributed by atoms with Crippen LogP contribution in [0.1, 0.15) is 12.5 Å². The number of amides is 1. The van der Waals surface area contributed by atoms with Crippen molar-refractivity contribution in [3.63, 3.8) is 0 Å². The summed E-state index contributed by atoms with van der Waals surface area (Å²) in [7, 11) is -3.93. The average molecular weight is 423 g/mol. The van der Waals surface area contributed by atoms with Gasteiger partial charge in [-0.3, -0.25) is 9.69 Å². The minimum Gasteiger partial charge on any atom is -0.324 e. The molecule has 0 aliphatic carbocycles. The fraction of sp³-hybridized carbons (Fsp3) is 0.350. The molecule has 0 saturated carbocycles. The van der Waals surface area contributed by atoms with Crippen molar-refractivity contribution in [2.24, 2.45) is 0 Å². The molecule has 0 spiro atoms. The average Bonchev–Trinajstić information content (AvgIpc) is 2.70. The molecule has 3 rings (SSSR count). The summed E-state index contributed by atoms with van der Waals surface area (Å²) in [6.07, 6.45) is 0. The van der Waals surface area contributed by atoms with Crippen LogP contribution in [0.2, 0.25) is 0 Å². The SMILES string of the molecule is Cc1ccc(F)cc1NC(=O)C(C)N1CCN(S(=O)(=O)c2ccccc2F)CC1. The number of nitrogens with one attached hydrogen (secondary N) is 1. The van der Waals surface area contributed by atoms with E-state index in [1.807, 2.05) is 4.90 Å². The van der Waals surface area contributed by atoms with Crippen LogP contribution >= 0.6 is 0 Å². The second-order valence-electron chi connectivity index (χ2n) is 6.99. The number of carbonyl (C=O) groups is 1. The number of piperazine rings is 1. The van der Waals surface area contributed by atoms with Crippen molar-refractivity contribution >= 4 is 21.6 Å². The number of anilines is 1. The highest BCUT2D eigenvalue weighted by Crippen LogP contribution is 2.22. The molecule has 156 valence electrons. The fourth-order valence-electron chi connectivity index (χ4n) is 3.26. The number of benzene rings is 2. The van der Waals surface area contributed by atoms with E-state index >= 15 is 0 Å². The Morgan fingerprint density at radius 1 is 1.07 bits per heavy atom. The number of rotatable bonds is 5. The zero-order chi connectivity index (χ0) is 21.2. The van der Waals surface area contributed by atoms with Gasteiger partial charge in [0.05, 0.1) is 6.04 Å². The lowest BCUT2D eigenvalue weighted by Gasteiger charge is -2.36. The Morgan fingerprint density at radius 2 is 1.72 bits per heavy atom. The van der Waals surface area contributed by atoms with Crippen molar-refractivity contribution in [2.45, 2.75) is 24.8 Å². The summed E-state index contributed by atoms with van der Waals surface area (Å²) in [5, 5.41) is 2.72. The molecule has 0 aromatic heterocycles. The number of aryl methyl sites for hydroxylation is 1. The zero-order valence-electron chi connectivity index (χ0n) is 16.2. The lowest BCUT2D eigenvalue weighted by atomic mass is 10.1. The summed E-state index contributed by atoms with van der Waals surface area (Å²) >= 11 is 0. The third kappa shape index (κ3) is 4.63. The van der Waals surface area contributed by atoms with Crippen LogP contribution in [0.3, 0.4) is 0 Å². The van der Waals surface area contributed by atoms with Crippen LogP contribution in [0.5, 0.6) is 0 Å². The topological polar surface area (TPSA) is 69.7 Å². The number of halogens is 2. The van der Waals surface area contributed by atoms with Crippen LogP contribution < -0.4 is 5.32 Å². The zero-order valence-corrected chi connectivity index (χ0v) is 17.0. The van der Waals surface area contributed by atoms with Gasteiger partial charge in [0.15, 0.2) is 0 Å². The van der Waals surface area contributed by atoms with Gasteiger partial charge in [0.2, 0.25) is 15.9 Å². The first-order valence-corrected chi connectivity index (χ1v) is 10.7. The molecule has 1 heterocycles. The van der Waals surface area contributed by atoms with Gasteiger partial charge in [-0.2, -0.15) is 4.31 Å². The molecule has 1 aliphatic rings. The second kappa shape index (κ2) is 8.56. The Morgan fingerprint density at radius 3 is 2.38 bits per heavy atom. The number of hydrogen-bond donors (Lipinski definition) is 1. The molecule has 1 atom stereocenters. The first-order chi connectivity index (χ1) is 13.7. The predicted molar refractivity (Wildman–Crippen MR) is 106 cm³/mol. The molecule has 2 aromatic rings. The summed E-state index contributed by atoms with van der Waals surface area (Å²) in [5.74, 6) is -1.53. The van der Waals surface area contributed by atoms with Gasteiger partial charge in [0, 0.05) is 31.9 Å². The quantitative estimate of drug-likeness (QED) is 0.803. The molecular weight excluding hydrogens is 400 g/mol. The molecule has 1 N–H and O–H groups in total. The summed E-state index contributed by atoms with van der Waals surface area (Å²) in [4.78, 5) is 14.1. The molecule has 1 amide bonds. The van der Waals surface area contributed by atoms with Gasteiger partial charge < -0.3 is 5.32 Å². The number of carbonyl (C=O) groups excluding carboxylic acids is 1. The van der Waals surface area contributed by atoms with Gasteiger partial charge in [-0.1, -0.05) is 18.2 Å². The van der Waals surface area contributed by atoms with Gasteiger partial charge >= 0.3 is 0 Å². The highest BCUT2D eigenvalue weighted by molar-refractivity contribution is 7.89. The first-order valence-electron chi connectivity index (χ1n) is 9.26. The first kappa shape index (κ1) is 21.4. The van der Waals surface area contributed by atoms with Crippen LogP contribution in [-0.4, -0.2) is 55.8 Å². The normalized spacial score (nSPS) is 17.1. The summed E-state index contributed by atoms with van der Waals surface area (Å²) in [6.45, 7) is 4.42. The molecule has 9 heteroatoms. The Labute approximate surface area is 169 Å². The summed E-state index contributed by atoms with van der Waals surface area (Å²) in [5.41, 5.74) is 1.15. The molecular formula is C20H23F2N3O3S. The van der Waals surface area contributed by atoms with E-state index in [9.17, 15) is 22.0 Å². The van der Waals surface area contributed by atoms with E-state index in [2.05, 4.69) is 5.32 Å². The molecule has 1 saturated heterocycles. The van der Waals surface area contributed by atoms with Crippen molar-refractivity contribution in [2.75, 3.05) is 31.5 Å². The highest BCUT2D eigenvalue weighted by atomic mass is 32.2. The lowest BCUT2D eigenvalue weighted by molar-refractivity contribution is -0.121. The van der Waals surface area contributed by atoms with Gasteiger partial charge in [0.25, 0.3) is 0 Å². The standard InChI is InChI=1S/C20H23F2N3O3S/c1-14-7-8-16(21)13-18(14)23-20(26)15(2)24-9-11-25(12-10-24)29(27,28)19-6-4-3-5-17(19)22/h3-8,13,15H,9-12H2,1-2H3,(H,23,26). The van der Waals surface area contributed by atoms with Gasteiger partial charge in [-0.05, 0) is 43.7 Å². The summed E-state index contributed by atoms with van der Waals surface area (Å²) < 4.78 is 53.9. The van der Waals surface area contributed by atoms with Crippen molar-refractivity contribution in [3.8, 4) is 0 Å². The largest absolute Gasteiger partial charge is 0.324 e. The van der Waals surface area contributed by atoms with Crippen molar-refractivity contribution in [1.82, 2.24) is 9.21 Å². The Hall–Kier alpha value is -2.36. The number of hydrogen-bond acceptors (Lipinski definition) is 4. The maximum Gasteiger partial charge on any atom is 0.246 e. The molecule has 1 unspecified atom stereocenters. The highest BCUT2D eigenvalue weighted by Gasteiger charge is 2.33. The maximum absolute atomic E-state index is 13.9. The second-order valence-corrected chi connectivity index (χ2v) is 8.90. The van der Waals surface area contributed by atoms with Crippen molar-refractivity contribution < 1.29 is 22.0 Å². The molecule has 1 fully saturated rings. The van der Waals surface area contributed by atoms with Crippen LogP contribution in [0.25, 0.3) is 0 Å². The molecule has 1 aliphatic heterocycles. The van der Waals surface area contributed by atoms with Crippen LogP contribution in [0.15, 0.2) is 47.4 Å². The number of nitrogens with zero attached hydrogens (tertiary/aromatic N) is 2. The van der Waals surface area contributed by atoms with E-state index in [-0.39, 0.29) is 23.9 Å². The minimum atomic E-state index is -3.93.